The lowest BCUT2D eigenvalue weighted by Gasteiger charge is -2.02. The monoisotopic (exact) mass is 320 g/mol. The number of aliphatic imine (C=N–C) groups is 1. The van der Waals surface area contributed by atoms with Gasteiger partial charge in [-0.2, -0.15) is 0 Å². The third-order valence-corrected chi connectivity index (χ3v) is 4.74. The van der Waals surface area contributed by atoms with Crippen LogP contribution >= 0.6 is 0 Å². The third kappa shape index (κ3) is 2.52. The quantitative estimate of drug-likeness (QED) is 0.391. The maximum absolute atomic E-state index is 4.65. The van der Waals surface area contributed by atoms with Gasteiger partial charge in [0.05, 0.1) is 23.1 Å². The van der Waals surface area contributed by atoms with Crippen molar-refractivity contribution in [3.05, 3.63) is 95.7 Å². The second-order valence-electron chi connectivity index (χ2n) is 6.36. The molecule has 1 heterocycles. The van der Waals surface area contributed by atoms with Crippen LogP contribution in [0.1, 0.15) is 16.8 Å². The molecule has 1 aliphatic carbocycles. The van der Waals surface area contributed by atoms with Gasteiger partial charge in [0.1, 0.15) is 0 Å². The molecule has 0 N–H and O–H groups in total. The van der Waals surface area contributed by atoms with Crippen LogP contribution < -0.4 is 0 Å². The van der Waals surface area contributed by atoms with Gasteiger partial charge in [0.25, 0.3) is 0 Å². The van der Waals surface area contributed by atoms with Crippen molar-refractivity contribution in [1.82, 2.24) is 4.98 Å². The van der Waals surface area contributed by atoms with E-state index in [2.05, 4.69) is 64.6 Å². The molecule has 0 saturated heterocycles. The van der Waals surface area contributed by atoms with Crippen molar-refractivity contribution < 1.29 is 0 Å². The second-order valence-corrected chi connectivity index (χ2v) is 6.36. The Morgan fingerprint density at radius 3 is 2.60 bits per heavy atom. The minimum Gasteiger partial charge on any atom is -0.255 e. The van der Waals surface area contributed by atoms with Gasteiger partial charge in [0, 0.05) is 5.39 Å². The Kier molecular flexibility index (Phi) is 3.20. The van der Waals surface area contributed by atoms with E-state index >= 15 is 0 Å². The van der Waals surface area contributed by atoms with Crippen molar-refractivity contribution in [1.29, 1.82) is 0 Å². The Balaban J connectivity index is 1.46. The molecule has 2 heteroatoms. The van der Waals surface area contributed by atoms with Gasteiger partial charge in [-0.3, -0.25) is 4.99 Å². The largest absolute Gasteiger partial charge is 0.255 e. The van der Waals surface area contributed by atoms with E-state index in [0.717, 1.165) is 28.7 Å². The SMILES string of the molecule is C(=Nc1ccc2c(c1)Cc1ccccc1-2)c1ccc2ccccc2n1. The summed E-state index contributed by atoms with van der Waals surface area (Å²) in [7, 11) is 0. The van der Waals surface area contributed by atoms with E-state index in [1.165, 1.54) is 22.3 Å². The zero-order valence-corrected chi connectivity index (χ0v) is 13.7. The van der Waals surface area contributed by atoms with Crippen LogP contribution in [0.5, 0.6) is 0 Å². The van der Waals surface area contributed by atoms with Crippen LogP contribution in [0.25, 0.3) is 22.0 Å². The van der Waals surface area contributed by atoms with Gasteiger partial charge in [-0.05, 0) is 52.9 Å². The van der Waals surface area contributed by atoms with Crippen LogP contribution in [-0.2, 0) is 6.42 Å². The summed E-state index contributed by atoms with van der Waals surface area (Å²) in [5.74, 6) is 0. The van der Waals surface area contributed by atoms with Gasteiger partial charge >= 0.3 is 0 Å². The predicted molar refractivity (Wildman–Crippen MR) is 104 cm³/mol. The van der Waals surface area contributed by atoms with E-state index in [4.69, 9.17) is 0 Å². The van der Waals surface area contributed by atoms with E-state index in [0.29, 0.717) is 0 Å². The molecule has 2 nitrogen and oxygen atoms in total. The van der Waals surface area contributed by atoms with Crippen LogP contribution in [0.4, 0.5) is 5.69 Å². The first-order valence-corrected chi connectivity index (χ1v) is 8.48. The topological polar surface area (TPSA) is 25.2 Å². The van der Waals surface area contributed by atoms with Crippen molar-refractivity contribution in [3.8, 4) is 11.1 Å². The molecule has 0 atom stereocenters. The van der Waals surface area contributed by atoms with E-state index in [1.807, 2.05) is 30.5 Å². The number of para-hydroxylation sites is 1. The minimum atomic E-state index is 0.877. The van der Waals surface area contributed by atoms with Gasteiger partial charge < -0.3 is 0 Å². The average Bonchev–Trinajstić information content (AvgIpc) is 3.04. The smallest absolute Gasteiger partial charge is 0.0820 e. The number of nitrogens with zero attached hydrogens (tertiary/aromatic N) is 2. The van der Waals surface area contributed by atoms with Crippen molar-refractivity contribution >= 4 is 22.8 Å². The normalized spacial score (nSPS) is 12.5. The number of aromatic nitrogens is 1. The van der Waals surface area contributed by atoms with Crippen LogP contribution in [0.3, 0.4) is 0 Å². The summed E-state index contributed by atoms with van der Waals surface area (Å²) in [5.41, 5.74) is 8.28. The molecule has 1 aromatic heterocycles. The molecule has 1 aliphatic rings. The predicted octanol–water partition coefficient (Wildman–Crippen LogP) is 5.56. The Morgan fingerprint density at radius 1 is 0.760 bits per heavy atom. The summed E-state index contributed by atoms with van der Waals surface area (Å²) in [6, 6.07) is 27.3. The molecule has 3 aromatic carbocycles. The average molecular weight is 320 g/mol. The van der Waals surface area contributed by atoms with Crippen LogP contribution in [-0.4, -0.2) is 11.2 Å². The maximum atomic E-state index is 4.65. The van der Waals surface area contributed by atoms with Crippen molar-refractivity contribution in [2.24, 2.45) is 4.99 Å². The van der Waals surface area contributed by atoms with Crippen LogP contribution in [0.15, 0.2) is 83.9 Å². The van der Waals surface area contributed by atoms with Crippen LogP contribution in [0.2, 0.25) is 0 Å². The standard InChI is InChI=1S/C23H16N2/c1-3-7-21-17(6-1)13-18-14-19(11-12-22(18)21)24-15-20-10-9-16-5-2-4-8-23(16)25-20/h1-12,14-15H,13H2. The molecule has 118 valence electrons. The summed E-state index contributed by atoms with van der Waals surface area (Å²) in [5, 5.41) is 1.15. The summed E-state index contributed by atoms with van der Waals surface area (Å²) in [6.45, 7) is 0. The fourth-order valence-electron chi connectivity index (χ4n) is 3.51. The highest BCUT2D eigenvalue weighted by atomic mass is 14.8. The number of pyridine rings is 1. The second kappa shape index (κ2) is 5.67. The molecule has 0 amide bonds. The zero-order chi connectivity index (χ0) is 16.6. The highest BCUT2D eigenvalue weighted by Gasteiger charge is 2.17. The zero-order valence-electron chi connectivity index (χ0n) is 13.7. The number of hydrogen-bond donors (Lipinski definition) is 0. The Labute approximate surface area is 146 Å². The van der Waals surface area contributed by atoms with Gasteiger partial charge in [-0.25, -0.2) is 4.98 Å². The summed E-state index contributed by atoms with van der Waals surface area (Å²) < 4.78 is 0. The molecule has 0 fully saturated rings. The highest BCUT2D eigenvalue weighted by Crippen LogP contribution is 2.38. The molecule has 25 heavy (non-hydrogen) atoms. The molecule has 0 bridgehead atoms. The highest BCUT2D eigenvalue weighted by molar-refractivity contribution is 5.86. The lowest BCUT2D eigenvalue weighted by atomic mass is 10.1. The molecule has 5 rings (SSSR count). The van der Waals surface area contributed by atoms with E-state index in [9.17, 15) is 0 Å². The molecule has 0 saturated carbocycles. The molecular formula is C23H16N2. The van der Waals surface area contributed by atoms with Crippen molar-refractivity contribution in [2.75, 3.05) is 0 Å². The number of fused-ring (bicyclic) bond motifs is 4. The van der Waals surface area contributed by atoms with Gasteiger partial charge in [0.2, 0.25) is 0 Å². The fraction of sp³-hybridized carbons (Fsp3) is 0.0435. The molecule has 4 aromatic rings. The summed E-state index contributed by atoms with van der Waals surface area (Å²) in [4.78, 5) is 9.28. The maximum Gasteiger partial charge on any atom is 0.0820 e. The first-order valence-electron chi connectivity index (χ1n) is 8.48. The van der Waals surface area contributed by atoms with Crippen molar-refractivity contribution in [2.45, 2.75) is 6.42 Å². The van der Waals surface area contributed by atoms with Crippen molar-refractivity contribution in [3.63, 3.8) is 0 Å². The third-order valence-electron chi connectivity index (χ3n) is 4.74. The Hall–Kier alpha value is -3.26. The Morgan fingerprint density at radius 2 is 1.60 bits per heavy atom. The molecule has 0 unspecified atom stereocenters. The molecule has 0 spiro atoms. The lowest BCUT2D eigenvalue weighted by Crippen LogP contribution is -1.88. The van der Waals surface area contributed by atoms with E-state index < -0.39 is 0 Å². The van der Waals surface area contributed by atoms with E-state index in [1.54, 1.807) is 0 Å². The first-order chi connectivity index (χ1) is 12.4. The molecule has 0 radical (unpaired) electrons. The number of benzene rings is 3. The minimum absolute atomic E-state index is 0.877. The molecule has 0 aliphatic heterocycles. The fourth-order valence-corrected chi connectivity index (χ4v) is 3.51. The number of rotatable bonds is 2. The van der Waals surface area contributed by atoms with Crippen LogP contribution in [0, 0.1) is 0 Å². The molecular weight excluding hydrogens is 304 g/mol. The summed E-state index contributed by atoms with van der Waals surface area (Å²) in [6.07, 6.45) is 2.83. The van der Waals surface area contributed by atoms with E-state index in [-0.39, 0.29) is 0 Å². The number of hydrogen-bond acceptors (Lipinski definition) is 2. The lowest BCUT2D eigenvalue weighted by molar-refractivity contribution is 1.26. The van der Waals surface area contributed by atoms with Gasteiger partial charge in [0.15, 0.2) is 0 Å². The van der Waals surface area contributed by atoms with Gasteiger partial charge in [-0.1, -0.05) is 54.6 Å². The first kappa shape index (κ1) is 14.1. The van der Waals surface area contributed by atoms with Gasteiger partial charge in [-0.15, -0.1) is 0 Å². The Bertz CT molecular complexity index is 1130. The summed E-state index contributed by atoms with van der Waals surface area (Å²) >= 11 is 0.